The van der Waals surface area contributed by atoms with Gasteiger partial charge in [-0.3, -0.25) is 9.79 Å². The Balaban J connectivity index is 0.00000264. The van der Waals surface area contributed by atoms with Crippen LogP contribution in [0.1, 0.15) is 15.9 Å². The van der Waals surface area contributed by atoms with Crippen molar-refractivity contribution in [3.63, 3.8) is 0 Å². The predicted molar refractivity (Wildman–Crippen MR) is 97.8 cm³/mol. The second-order valence-electron chi connectivity index (χ2n) is 5.06. The second-order valence-corrected chi connectivity index (χ2v) is 5.06. The average molecular weight is 436 g/mol. The fourth-order valence-corrected chi connectivity index (χ4v) is 2.07. The summed E-state index contributed by atoms with van der Waals surface area (Å²) < 4.78 is 18.6. The lowest BCUT2D eigenvalue weighted by Gasteiger charge is -2.27. The molecular weight excluding hydrogens is 414 g/mol. The van der Waals surface area contributed by atoms with Crippen molar-refractivity contribution < 1.29 is 13.9 Å². The number of ether oxygens (including phenoxy) is 1. The molecule has 1 amide bonds. The molecule has 1 heterocycles. The summed E-state index contributed by atoms with van der Waals surface area (Å²) in [5.41, 5.74) is 6.68. The van der Waals surface area contributed by atoms with Crippen LogP contribution in [0.15, 0.2) is 23.2 Å². The molecule has 3 N–H and O–H groups in total. The van der Waals surface area contributed by atoms with E-state index in [2.05, 4.69) is 10.3 Å². The Labute approximate surface area is 152 Å². The molecule has 1 saturated heterocycles. The summed E-state index contributed by atoms with van der Waals surface area (Å²) in [5.74, 6) is -0.250. The Hall–Kier alpha value is -1.42. The highest BCUT2D eigenvalue weighted by molar-refractivity contribution is 14.0. The van der Waals surface area contributed by atoms with Crippen LogP contribution in [0.4, 0.5) is 4.39 Å². The molecule has 128 valence electrons. The monoisotopic (exact) mass is 436 g/mol. The van der Waals surface area contributed by atoms with Crippen molar-refractivity contribution >= 4 is 35.8 Å². The first-order valence-corrected chi connectivity index (χ1v) is 7.25. The zero-order valence-corrected chi connectivity index (χ0v) is 15.4. The predicted octanol–water partition coefficient (Wildman–Crippen LogP) is 1.13. The lowest BCUT2D eigenvalue weighted by atomic mass is 10.1. The van der Waals surface area contributed by atoms with Crippen LogP contribution in [0.2, 0.25) is 0 Å². The molecule has 0 saturated carbocycles. The zero-order chi connectivity index (χ0) is 15.9. The Bertz CT molecular complexity index is 562. The number of hydrogen-bond acceptors (Lipinski definition) is 3. The van der Waals surface area contributed by atoms with Gasteiger partial charge in [0.1, 0.15) is 5.82 Å². The largest absolute Gasteiger partial charge is 0.378 e. The van der Waals surface area contributed by atoms with Gasteiger partial charge >= 0.3 is 0 Å². The summed E-state index contributed by atoms with van der Waals surface area (Å²) >= 11 is 0. The number of hydrogen-bond donors (Lipinski definition) is 2. The minimum absolute atomic E-state index is 0. The van der Waals surface area contributed by atoms with E-state index in [1.807, 2.05) is 4.90 Å². The Kier molecular flexibility index (Phi) is 8.24. The lowest BCUT2D eigenvalue weighted by molar-refractivity contribution is 0.0674. The van der Waals surface area contributed by atoms with Gasteiger partial charge in [0.05, 0.1) is 19.8 Å². The number of carbonyl (C=O) groups excluding carboxylic acids is 1. The number of nitrogens with two attached hydrogens (primary N) is 1. The Morgan fingerprint density at radius 1 is 1.43 bits per heavy atom. The van der Waals surface area contributed by atoms with E-state index >= 15 is 0 Å². The fourth-order valence-electron chi connectivity index (χ4n) is 2.07. The lowest BCUT2D eigenvalue weighted by Crippen LogP contribution is -2.45. The summed E-state index contributed by atoms with van der Waals surface area (Å²) in [6, 6.07) is 4.41. The zero-order valence-electron chi connectivity index (χ0n) is 13.0. The number of carbonyl (C=O) groups is 1. The number of benzene rings is 1. The summed E-state index contributed by atoms with van der Waals surface area (Å²) in [5, 5.41) is 2.69. The number of nitrogens with zero attached hydrogens (tertiary/aromatic N) is 2. The van der Waals surface area contributed by atoms with Gasteiger partial charge in [-0.25, -0.2) is 4.39 Å². The van der Waals surface area contributed by atoms with Crippen LogP contribution in [0.5, 0.6) is 0 Å². The van der Waals surface area contributed by atoms with Crippen molar-refractivity contribution in [3.05, 3.63) is 35.1 Å². The van der Waals surface area contributed by atoms with Crippen molar-refractivity contribution in [1.82, 2.24) is 10.2 Å². The van der Waals surface area contributed by atoms with Crippen LogP contribution in [0, 0.1) is 12.7 Å². The molecule has 1 aliphatic heterocycles. The van der Waals surface area contributed by atoms with E-state index in [0.717, 1.165) is 13.1 Å². The summed E-state index contributed by atoms with van der Waals surface area (Å²) in [6.07, 6.45) is 0. The third-order valence-electron chi connectivity index (χ3n) is 3.44. The van der Waals surface area contributed by atoms with Crippen LogP contribution in [0.3, 0.4) is 0 Å². The Morgan fingerprint density at radius 2 is 2.13 bits per heavy atom. The van der Waals surface area contributed by atoms with Crippen molar-refractivity contribution in [2.75, 3.05) is 39.4 Å². The molecule has 0 spiro atoms. The van der Waals surface area contributed by atoms with Crippen LogP contribution < -0.4 is 11.1 Å². The Morgan fingerprint density at radius 3 is 2.78 bits per heavy atom. The number of guanidine groups is 1. The fraction of sp³-hybridized carbons (Fsp3) is 0.467. The van der Waals surface area contributed by atoms with Crippen molar-refractivity contribution in [3.8, 4) is 0 Å². The average Bonchev–Trinajstić information content (AvgIpc) is 2.54. The van der Waals surface area contributed by atoms with E-state index in [1.54, 1.807) is 19.1 Å². The number of aliphatic imine (C=N–C) groups is 1. The molecule has 1 aromatic rings. The van der Waals surface area contributed by atoms with E-state index in [9.17, 15) is 9.18 Å². The highest BCUT2D eigenvalue weighted by Gasteiger charge is 2.12. The van der Waals surface area contributed by atoms with E-state index < -0.39 is 0 Å². The molecule has 0 aromatic heterocycles. The highest BCUT2D eigenvalue weighted by atomic mass is 127. The molecule has 23 heavy (non-hydrogen) atoms. The maximum atomic E-state index is 13.4. The van der Waals surface area contributed by atoms with Gasteiger partial charge < -0.3 is 20.7 Å². The van der Waals surface area contributed by atoms with Crippen molar-refractivity contribution in [2.24, 2.45) is 10.7 Å². The van der Waals surface area contributed by atoms with E-state index in [0.29, 0.717) is 43.4 Å². The molecule has 0 bridgehead atoms. The van der Waals surface area contributed by atoms with Gasteiger partial charge in [-0.1, -0.05) is 6.07 Å². The molecule has 0 aliphatic carbocycles. The minimum Gasteiger partial charge on any atom is -0.378 e. The first-order valence-electron chi connectivity index (χ1n) is 7.25. The summed E-state index contributed by atoms with van der Waals surface area (Å²) in [6.45, 7) is 5.12. The summed E-state index contributed by atoms with van der Waals surface area (Å²) in [7, 11) is 0. The van der Waals surface area contributed by atoms with Crippen molar-refractivity contribution in [2.45, 2.75) is 6.92 Å². The van der Waals surface area contributed by atoms with Gasteiger partial charge in [0, 0.05) is 25.2 Å². The van der Waals surface area contributed by atoms with Gasteiger partial charge in [-0.15, -0.1) is 24.0 Å². The standard InChI is InChI=1S/C15H21FN4O2.HI/c1-11-2-3-12(10-13(11)16)14(21)18-4-5-19-15(17)20-6-8-22-9-7-20;/h2-3,10H,4-9H2,1H3,(H2,17,19)(H,18,21);1H. The smallest absolute Gasteiger partial charge is 0.251 e. The third-order valence-corrected chi connectivity index (χ3v) is 3.44. The first kappa shape index (κ1) is 19.6. The minimum atomic E-state index is -0.387. The molecule has 1 aromatic carbocycles. The number of nitrogens with one attached hydrogen (secondary N) is 1. The SMILES string of the molecule is Cc1ccc(C(=O)NCCN=C(N)N2CCOCC2)cc1F.I. The third kappa shape index (κ3) is 5.94. The number of aryl methyl sites for hydroxylation is 1. The van der Waals surface area contributed by atoms with Gasteiger partial charge in [0.2, 0.25) is 0 Å². The molecule has 6 nitrogen and oxygen atoms in total. The molecule has 1 aliphatic rings. The van der Waals surface area contributed by atoms with Crippen LogP contribution in [-0.4, -0.2) is 56.2 Å². The maximum Gasteiger partial charge on any atom is 0.251 e. The normalized spacial score (nSPS) is 15.0. The molecular formula is C15H22FIN4O2. The van der Waals surface area contributed by atoms with Gasteiger partial charge in [0.15, 0.2) is 5.96 Å². The number of amides is 1. The van der Waals surface area contributed by atoms with E-state index in [4.69, 9.17) is 10.5 Å². The van der Waals surface area contributed by atoms with Crippen LogP contribution in [0.25, 0.3) is 0 Å². The summed E-state index contributed by atoms with van der Waals surface area (Å²) in [4.78, 5) is 18.0. The van der Waals surface area contributed by atoms with Crippen LogP contribution in [-0.2, 0) is 4.74 Å². The molecule has 0 unspecified atom stereocenters. The quantitative estimate of drug-likeness (QED) is 0.321. The second kappa shape index (κ2) is 9.66. The first-order chi connectivity index (χ1) is 10.6. The van der Waals surface area contributed by atoms with Crippen LogP contribution >= 0.6 is 24.0 Å². The highest BCUT2D eigenvalue weighted by Crippen LogP contribution is 2.08. The molecule has 8 heteroatoms. The topological polar surface area (TPSA) is 80.0 Å². The number of rotatable bonds is 4. The number of morpholine rings is 1. The van der Waals surface area contributed by atoms with Gasteiger partial charge in [-0.2, -0.15) is 0 Å². The van der Waals surface area contributed by atoms with Crippen molar-refractivity contribution in [1.29, 1.82) is 0 Å². The van der Waals surface area contributed by atoms with E-state index in [-0.39, 0.29) is 35.7 Å². The maximum absolute atomic E-state index is 13.4. The molecule has 1 fully saturated rings. The molecule has 2 rings (SSSR count). The van der Waals surface area contributed by atoms with E-state index in [1.165, 1.54) is 6.07 Å². The van der Waals surface area contributed by atoms with Gasteiger partial charge in [0.25, 0.3) is 5.91 Å². The number of halogens is 2. The molecule has 0 atom stereocenters. The van der Waals surface area contributed by atoms with Gasteiger partial charge in [-0.05, 0) is 24.6 Å². The molecule has 0 radical (unpaired) electrons.